The van der Waals surface area contributed by atoms with Gasteiger partial charge in [0.15, 0.2) is 6.33 Å². The van der Waals surface area contributed by atoms with Crippen LogP contribution in [0.1, 0.15) is 13.2 Å². The van der Waals surface area contributed by atoms with E-state index in [1.165, 1.54) is 10.9 Å². The minimum absolute atomic E-state index is 0.113. The summed E-state index contributed by atoms with van der Waals surface area (Å²) in [6, 6.07) is 0. The fourth-order valence-electron chi connectivity index (χ4n) is 2.86. The number of phosphoric ester groups is 1. The highest BCUT2D eigenvalue weighted by Crippen LogP contribution is 2.34. The number of nitrogen functional groups attached to an aromatic ring is 1. The van der Waals surface area contributed by atoms with E-state index in [4.69, 9.17) is 15.4 Å². The summed E-state index contributed by atoms with van der Waals surface area (Å²) < 4.78 is 23.3. The highest BCUT2D eigenvalue weighted by Gasteiger charge is 2.47. The summed E-state index contributed by atoms with van der Waals surface area (Å²) in [6.07, 6.45) is -3.95. The molecule has 0 aromatic carbocycles. The lowest BCUT2D eigenvalue weighted by Gasteiger charge is -2.19. The third-order valence-corrected chi connectivity index (χ3v) is 4.52. The van der Waals surface area contributed by atoms with Crippen LogP contribution in [0.4, 0.5) is 5.95 Å². The summed E-state index contributed by atoms with van der Waals surface area (Å²) in [5, 5.41) is 20.3. The van der Waals surface area contributed by atoms with Crippen molar-refractivity contribution in [2.24, 2.45) is 0 Å². The van der Waals surface area contributed by atoms with Gasteiger partial charge in [-0.05, 0) is 6.92 Å². The second kappa shape index (κ2) is 6.70. The molecule has 1 unspecified atom stereocenters. The lowest BCUT2D eigenvalue weighted by molar-refractivity contribution is -0.746. The topological polar surface area (TPSA) is 200 Å². The summed E-state index contributed by atoms with van der Waals surface area (Å²) in [5.74, 6) is -0.148. The number of ether oxygens (including phenoxy) is 1. The number of imidazole rings is 1. The maximum absolute atomic E-state index is 12.2. The molecule has 0 bridgehead atoms. The number of anilines is 1. The Morgan fingerprint density at radius 3 is 2.85 bits per heavy atom. The molecule has 2 aromatic rings. The van der Waals surface area contributed by atoms with Gasteiger partial charge in [-0.15, -0.1) is 0 Å². The third kappa shape index (κ3) is 3.38. The number of H-pyrrole nitrogens is 1. The number of nitrogens with two attached hydrogens (primary N) is 1. The van der Waals surface area contributed by atoms with Gasteiger partial charge in [0.1, 0.15) is 18.3 Å². The van der Waals surface area contributed by atoms with Gasteiger partial charge in [0.2, 0.25) is 11.7 Å². The maximum Gasteiger partial charge on any atom is 0.313 e. The number of rotatable bonds is 5. The van der Waals surface area contributed by atoms with Crippen LogP contribution in [0.5, 0.6) is 0 Å². The molecule has 144 valence electrons. The number of aliphatic hydroxyl groups is 2. The molecule has 1 fully saturated rings. The number of aromatic amines is 1. The lowest BCUT2D eigenvalue weighted by atomic mass is 10.1. The molecule has 1 saturated heterocycles. The first-order valence-corrected chi connectivity index (χ1v) is 9.11. The summed E-state index contributed by atoms with van der Waals surface area (Å²) >= 11 is 0. The van der Waals surface area contributed by atoms with Crippen LogP contribution in [-0.4, -0.2) is 54.6 Å². The highest BCUT2D eigenvalue weighted by atomic mass is 31.2. The van der Waals surface area contributed by atoms with E-state index in [-0.39, 0.29) is 17.1 Å². The van der Waals surface area contributed by atoms with Crippen LogP contribution in [-0.2, 0) is 20.4 Å². The van der Waals surface area contributed by atoms with E-state index in [0.717, 1.165) is 0 Å². The summed E-state index contributed by atoms with van der Waals surface area (Å²) in [4.78, 5) is 37.9. The molecule has 2 aromatic heterocycles. The molecule has 5 atom stereocenters. The van der Waals surface area contributed by atoms with Gasteiger partial charge in [-0.1, -0.05) is 4.98 Å². The molecular formula is C12H18N5O8P. The molecule has 0 saturated carbocycles. The number of aromatic nitrogens is 4. The van der Waals surface area contributed by atoms with Crippen molar-refractivity contribution in [3.8, 4) is 0 Å². The van der Waals surface area contributed by atoms with Crippen molar-refractivity contribution in [1.29, 1.82) is 0 Å². The van der Waals surface area contributed by atoms with Crippen molar-refractivity contribution in [3.05, 3.63) is 16.7 Å². The maximum atomic E-state index is 12.2. The quantitative estimate of drug-likeness (QED) is 0.254. The van der Waals surface area contributed by atoms with E-state index < -0.39 is 44.5 Å². The van der Waals surface area contributed by atoms with Crippen LogP contribution < -0.4 is 20.8 Å². The predicted octanol–water partition coefficient (Wildman–Crippen LogP) is -3.29. The number of hydrogen-bond acceptors (Lipinski definition) is 9. The summed E-state index contributed by atoms with van der Waals surface area (Å²) in [5.41, 5.74) is 5.38. The Morgan fingerprint density at radius 2 is 2.23 bits per heavy atom. The first-order valence-electron chi connectivity index (χ1n) is 7.62. The van der Waals surface area contributed by atoms with Crippen LogP contribution in [0.15, 0.2) is 11.1 Å². The molecule has 1 aliphatic rings. The normalized spacial score (nSPS) is 28.5. The Hall–Kier alpha value is -1.86. The monoisotopic (exact) mass is 391 g/mol. The van der Waals surface area contributed by atoms with Crippen LogP contribution in [0.25, 0.3) is 11.2 Å². The highest BCUT2D eigenvalue weighted by molar-refractivity contribution is 7.44. The van der Waals surface area contributed by atoms with Crippen molar-refractivity contribution >= 4 is 24.9 Å². The summed E-state index contributed by atoms with van der Waals surface area (Å²) in [7, 11) is -5.02. The van der Waals surface area contributed by atoms with Gasteiger partial charge < -0.3 is 35.0 Å². The van der Waals surface area contributed by atoms with E-state index in [2.05, 4.69) is 14.5 Å². The molecule has 3 heterocycles. The molecule has 13 nitrogen and oxygen atoms in total. The number of hydrogen-bond donors (Lipinski definition) is 5. The zero-order valence-corrected chi connectivity index (χ0v) is 14.4. The Bertz CT molecular complexity index is 922. The van der Waals surface area contributed by atoms with Crippen molar-refractivity contribution < 1.29 is 38.4 Å². The molecule has 0 radical (unpaired) electrons. The number of nitrogens with one attached hydrogen (secondary N) is 1. The average molecular weight is 391 g/mol. The fraction of sp³-hybridized carbons (Fsp3) is 0.583. The van der Waals surface area contributed by atoms with Gasteiger partial charge in [0.25, 0.3) is 19.3 Å². The largest absolute Gasteiger partial charge is 0.756 e. The molecule has 3 rings (SSSR count). The number of nitrogens with zero attached hydrogens (tertiary/aromatic N) is 3. The Morgan fingerprint density at radius 1 is 1.54 bits per heavy atom. The molecule has 0 spiro atoms. The minimum Gasteiger partial charge on any atom is -0.756 e. The van der Waals surface area contributed by atoms with Crippen LogP contribution >= 0.6 is 7.82 Å². The average Bonchev–Trinajstić information content (AvgIpc) is 3.04. The van der Waals surface area contributed by atoms with E-state index >= 15 is 0 Å². The zero-order chi connectivity index (χ0) is 19.2. The number of aliphatic hydroxyl groups excluding tert-OH is 2. The van der Waals surface area contributed by atoms with Crippen LogP contribution in [0.3, 0.4) is 0 Å². The molecule has 26 heavy (non-hydrogen) atoms. The second-order valence-corrected chi connectivity index (χ2v) is 6.94. The third-order valence-electron chi connectivity index (χ3n) is 4.04. The Labute approximate surface area is 145 Å². The smallest absolute Gasteiger partial charge is 0.313 e. The van der Waals surface area contributed by atoms with Gasteiger partial charge in [-0.3, -0.25) is 18.9 Å². The van der Waals surface area contributed by atoms with Gasteiger partial charge in [0, 0.05) is 0 Å². The fourth-order valence-corrected chi connectivity index (χ4v) is 3.20. The molecule has 1 aliphatic heterocycles. The van der Waals surface area contributed by atoms with E-state index in [9.17, 15) is 24.5 Å². The molecule has 0 amide bonds. The zero-order valence-electron chi connectivity index (χ0n) is 13.6. The van der Waals surface area contributed by atoms with Crippen LogP contribution in [0.2, 0.25) is 0 Å². The first-order chi connectivity index (χ1) is 12.1. The number of phosphoric acid groups is 1. The van der Waals surface area contributed by atoms with Gasteiger partial charge in [-0.25, -0.2) is 4.57 Å². The van der Waals surface area contributed by atoms with Crippen molar-refractivity contribution in [2.75, 3.05) is 12.3 Å². The minimum atomic E-state index is -5.02. The predicted molar refractivity (Wildman–Crippen MR) is 82.3 cm³/mol. The molecular weight excluding hydrogens is 373 g/mol. The van der Waals surface area contributed by atoms with E-state index in [1.807, 2.05) is 0 Å². The number of aryl methyl sites for hydroxylation is 1. The van der Waals surface area contributed by atoms with Gasteiger partial charge >= 0.3 is 5.65 Å². The summed E-state index contributed by atoms with van der Waals surface area (Å²) in [6.45, 7) is 1.49. The SMILES string of the molecule is CCn1c[n+]([C@@H]2O[C@H](COP(=O)([O-])O)[C@@H](O)[C@H]2O)c2nc(N)[nH]c(=O)c21. The first kappa shape index (κ1) is 18.9. The van der Waals surface area contributed by atoms with E-state index in [0.29, 0.717) is 6.54 Å². The molecule has 14 heteroatoms. The van der Waals surface area contributed by atoms with Crippen LogP contribution in [0, 0.1) is 0 Å². The number of fused-ring (bicyclic) bond motifs is 1. The van der Waals surface area contributed by atoms with Gasteiger partial charge in [0.05, 0.1) is 13.2 Å². The standard InChI is InChI=1S/C12H18N5O8P/c1-2-16-4-17(9-6(16)10(20)15-12(13)14-9)11-8(19)7(18)5(25-11)3-24-26(21,22)23/h4-5,7-8,11,18-19H,2-3H2,1H3,(H4-,13,14,15,20,21,22,23)/t5-,7-,8-,11-/m1/s1. The Kier molecular flexibility index (Phi) is 4.88. The van der Waals surface area contributed by atoms with Crippen molar-refractivity contribution in [2.45, 2.75) is 38.0 Å². The second-order valence-electron chi connectivity index (χ2n) is 5.74. The van der Waals surface area contributed by atoms with Gasteiger partial charge in [-0.2, -0.15) is 0 Å². The van der Waals surface area contributed by atoms with Crippen molar-refractivity contribution in [3.63, 3.8) is 0 Å². The van der Waals surface area contributed by atoms with E-state index in [1.54, 1.807) is 11.5 Å². The van der Waals surface area contributed by atoms with Crippen molar-refractivity contribution in [1.82, 2.24) is 14.5 Å². The lowest BCUT2D eigenvalue weighted by Crippen LogP contribution is -2.46. The molecule has 6 N–H and O–H groups in total. The molecule has 0 aliphatic carbocycles. The Balaban J connectivity index is 1.99.